The molecule has 0 saturated carbocycles. The highest BCUT2D eigenvalue weighted by molar-refractivity contribution is 5.80. The maximum atomic E-state index is 9.85. The Labute approximate surface area is 116 Å². The summed E-state index contributed by atoms with van der Waals surface area (Å²) in [6.07, 6.45) is -0.977. The summed E-state index contributed by atoms with van der Waals surface area (Å²) in [6, 6.07) is 5.56. The lowest BCUT2D eigenvalue weighted by molar-refractivity contribution is -0.0592. The molecule has 20 heavy (non-hydrogen) atoms. The van der Waals surface area contributed by atoms with Crippen LogP contribution in [0.2, 0.25) is 0 Å². The number of phenols is 1. The average Bonchev–Trinajstić information content (AvgIpc) is 2.46. The zero-order chi connectivity index (χ0) is 14.7. The monoisotopic (exact) mass is 279 g/mol. The molecule has 0 radical (unpaired) electrons. The summed E-state index contributed by atoms with van der Waals surface area (Å²) in [5.41, 5.74) is 0.949. The van der Waals surface area contributed by atoms with Crippen LogP contribution in [-0.4, -0.2) is 62.7 Å². The molecule has 5 N–H and O–H groups in total. The van der Waals surface area contributed by atoms with Crippen molar-refractivity contribution in [1.82, 2.24) is 0 Å². The van der Waals surface area contributed by atoms with Gasteiger partial charge in [0.2, 0.25) is 0 Å². The summed E-state index contributed by atoms with van der Waals surface area (Å²) < 4.78 is 0. The zero-order valence-electron chi connectivity index (χ0n) is 10.7. The first-order chi connectivity index (χ1) is 9.52. The number of hydrogen-bond donors (Lipinski definition) is 5. The molecule has 1 unspecified atom stereocenters. The first-order valence-corrected chi connectivity index (χ1v) is 6.21. The number of hydrogen-bond acceptors (Lipinski definition) is 6. The van der Waals surface area contributed by atoms with E-state index in [2.05, 4.69) is 4.99 Å². The van der Waals surface area contributed by atoms with Gasteiger partial charge >= 0.3 is 0 Å². The topological polar surface area (TPSA) is 114 Å². The largest absolute Gasteiger partial charge is 0.508 e. The molecule has 6 nitrogen and oxygen atoms in total. The lowest BCUT2D eigenvalue weighted by Gasteiger charge is -2.32. The summed E-state index contributed by atoms with van der Waals surface area (Å²) in [5.74, 6) is 0.140. The van der Waals surface area contributed by atoms with Gasteiger partial charge in [-0.2, -0.15) is 0 Å². The number of aliphatic hydroxyl groups excluding tert-OH is 4. The Morgan fingerprint density at radius 1 is 1.05 bits per heavy atom. The summed E-state index contributed by atoms with van der Waals surface area (Å²) in [5, 5.41) is 47.4. The smallest absolute Gasteiger partial charge is 0.115 e. The molecule has 0 heterocycles. The fourth-order valence-electron chi connectivity index (χ4n) is 2.03. The number of rotatable bonds is 3. The molecular formula is C14H17NO5. The molecule has 6 heteroatoms. The van der Waals surface area contributed by atoms with E-state index in [1.807, 2.05) is 0 Å². The van der Waals surface area contributed by atoms with Crippen LogP contribution in [0.3, 0.4) is 0 Å². The lowest BCUT2D eigenvalue weighted by Crippen LogP contribution is -2.48. The molecule has 0 aliphatic heterocycles. The molecular weight excluding hydrogens is 262 g/mol. The molecule has 1 aromatic rings. The minimum Gasteiger partial charge on any atom is -0.508 e. The highest BCUT2D eigenvalue weighted by Gasteiger charge is 2.36. The van der Waals surface area contributed by atoms with Gasteiger partial charge in [-0.1, -0.05) is 6.08 Å². The molecule has 0 saturated heterocycles. The molecule has 1 aliphatic carbocycles. The Hall–Kier alpha value is -1.73. The molecule has 0 bridgehead atoms. The maximum absolute atomic E-state index is 9.85. The Morgan fingerprint density at radius 2 is 1.70 bits per heavy atom. The van der Waals surface area contributed by atoms with E-state index in [1.165, 1.54) is 24.4 Å². The van der Waals surface area contributed by atoms with Crippen molar-refractivity contribution in [3.8, 4) is 5.75 Å². The van der Waals surface area contributed by atoms with Crippen LogP contribution < -0.4 is 0 Å². The molecule has 108 valence electrons. The first-order valence-electron chi connectivity index (χ1n) is 6.21. The second-order valence-electron chi connectivity index (χ2n) is 4.69. The van der Waals surface area contributed by atoms with Crippen molar-refractivity contribution < 1.29 is 25.5 Å². The van der Waals surface area contributed by atoms with Crippen LogP contribution in [0.25, 0.3) is 0 Å². The molecule has 2 rings (SSSR count). The van der Waals surface area contributed by atoms with Crippen molar-refractivity contribution in [2.24, 2.45) is 4.99 Å². The number of aromatic hydroxyl groups is 1. The standard InChI is InChI=1S/C14H17NO5/c16-7-9-5-11(13(19)14(20)12(9)18)15-6-8-1-3-10(17)4-2-8/h1-6,11-14,16-20H,7H2/b15-6+/t11-,12+,13-,14?/m0/s1. The molecule has 4 atom stereocenters. The predicted molar refractivity (Wildman–Crippen MR) is 72.7 cm³/mol. The third-order valence-corrected chi connectivity index (χ3v) is 3.26. The van der Waals surface area contributed by atoms with Crippen molar-refractivity contribution in [2.45, 2.75) is 24.4 Å². The molecule has 0 spiro atoms. The highest BCUT2D eigenvalue weighted by atomic mass is 16.4. The SMILES string of the molecule is OCC1=C[C@H](/N=C/c2ccc(O)cc2)[C@H](O)C(O)[C@@H]1O. The maximum Gasteiger partial charge on any atom is 0.115 e. The van der Waals surface area contributed by atoms with Gasteiger partial charge < -0.3 is 25.5 Å². The predicted octanol–water partition coefficient (Wildman–Crippen LogP) is -0.805. The second kappa shape index (κ2) is 6.15. The van der Waals surface area contributed by atoms with E-state index in [9.17, 15) is 15.3 Å². The Morgan fingerprint density at radius 3 is 2.30 bits per heavy atom. The van der Waals surface area contributed by atoms with Crippen molar-refractivity contribution in [1.29, 1.82) is 0 Å². The van der Waals surface area contributed by atoms with Crippen LogP contribution >= 0.6 is 0 Å². The van der Waals surface area contributed by atoms with Gasteiger partial charge in [0, 0.05) is 6.21 Å². The summed E-state index contributed by atoms with van der Waals surface area (Å²) in [4.78, 5) is 4.13. The Kier molecular flexibility index (Phi) is 4.51. The van der Waals surface area contributed by atoms with Gasteiger partial charge in [-0.3, -0.25) is 4.99 Å². The quantitative estimate of drug-likeness (QED) is 0.367. The van der Waals surface area contributed by atoms with Crippen molar-refractivity contribution in [3.05, 3.63) is 41.5 Å². The second-order valence-corrected chi connectivity index (χ2v) is 4.69. The number of phenolic OH excluding ortho intramolecular Hbond substituents is 1. The van der Waals surface area contributed by atoms with Gasteiger partial charge in [-0.25, -0.2) is 0 Å². The summed E-state index contributed by atoms with van der Waals surface area (Å²) in [7, 11) is 0. The van der Waals surface area contributed by atoms with E-state index in [0.29, 0.717) is 0 Å². The van der Waals surface area contributed by atoms with E-state index in [0.717, 1.165) is 5.56 Å². The zero-order valence-corrected chi connectivity index (χ0v) is 10.7. The molecule has 1 aliphatic rings. The van der Waals surface area contributed by atoms with Gasteiger partial charge in [0.15, 0.2) is 0 Å². The fourth-order valence-corrected chi connectivity index (χ4v) is 2.03. The van der Waals surface area contributed by atoms with E-state index < -0.39 is 31.0 Å². The number of aliphatic imine (C=N–C) groups is 1. The number of aliphatic hydroxyl groups is 4. The number of nitrogens with zero attached hydrogens (tertiary/aromatic N) is 1. The van der Waals surface area contributed by atoms with Crippen LogP contribution in [0, 0.1) is 0 Å². The highest BCUT2D eigenvalue weighted by Crippen LogP contribution is 2.22. The van der Waals surface area contributed by atoms with Crippen LogP contribution in [0.5, 0.6) is 5.75 Å². The van der Waals surface area contributed by atoms with Crippen LogP contribution in [-0.2, 0) is 0 Å². The summed E-state index contributed by atoms with van der Waals surface area (Å²) in [6.45, 7) is -0.407. The van der Waals surface area contributed by atoms with E-state index in [-0.39, 0.29) is 11.3 Å². The average molecular weight is 279 g/mol. The van der Waals surface area contributed by atoms with Crippen LogP contribution in [0.4, 0.5) is 0 Å². The van der Waals surface area contributed by atoms with Crippen molar-refractivity contribution in [3.63, 3.8) is 0 Å². The Bertz CT molecular complexity index is 511. The number of benzene rings is 1. The normalized spacial score (nSPS) is 30.5. The minimum absolute atomic E-state index is 0.140. The van der Waals surface area contributed by atoms with E-state index in [1.54, 1.807) is 12.1 Å². The van der Waals surface area contributed by atoms with Gasteiger partial charge in [0.25, 0.3) is 0 Å². The van der Waals surface area contributed by atoms with Crippen molar-refractivity contribution >= 4 is 6.21 Å². The third kappa shape index (κ3) is 3.05. The fraction of sp³-hybridized carbons (Fsp3) is 0.357. The third-order valence-electron chi connectivity index (χ3n) is 3.26. The summed E-state index contributed by atoms with van der Waals surface area (Å²) >= 11 is 0. The van der Waals surface area contributed by atoms with Gasteiger partial charge in [-0.15, -0.1) is 0 Å². The van der Waals surface area contributed by atoms with Crippen molar-refractivity contribution in [2.75, 3.05) is 6.61 Å². The Balaban J connectivity index is 2.18. The molecule has 0 amide bonds. The van der Waals surface area contributed by atoms with Crippen LogP contribution in [0.15, 0.2) is 40.9 Å². The lowest BCUT2D eigenvalue weighted by atomic mass is 9.88. The van der Waals surface area contributed by atoms with E-state index in [4.69, 9.17) is 10.2 Å². The minimum atomic E-state index is -1.39. The van der Waals surface area contributed by atoms with Gasteiger partial charge in [0.1, 0.15) is 24.1 Å². The van der Waals surface area contributed by atoms with Crippen LogP contribution in [0.1, 0.15) is 5.56 Å². The molecule has 0 fully saturated rings. The first kappa shape index (κ1) is 14.7. The van der Waals surface area contributed by atoms with Gasteiger partial charge in [0.05, 0.1) is 12.6 Å². The van der Waals surface area contributed by atoms with Gasteiger partial charge in [-0.05, 0) is 35.4 Å². The van der Waals surface area contributed by atoms with E-state index >= 15 is 0 Å². The molecule has 0 aromatic heterocycles. The molecule has 1 aromatic carbocycles.